The minimum Gasteiger partial charge on any atom is -0.366 e. The minimum atomic E-state index is 0.640. The average Bonchev–Trinajstić information content (AvgIpc) is 2.83. The number of nitrogens with one attached hydrogen (secondary N) is 1. The summed E-state index contributed by atoms with van der Waals surface area (Å²) in [5.41, 5.74) is 2.68. The van der Waals surface area contributed by atoms with Crippen LogP contribution in [0.3, 0.4) is 0 Å². The lowest BCUT2D eigenvalue weighted by Gasteiger charge is -2.30. The summed E-state index contributed by atoms with van der Waals surface area (Å²) in [6.45, 7) is 6.39. The van der Waals surface area contributed by atoms with Crippen molar-refractivity contribution in [1.29, 1.82) is 0 Å². The molecule has 0 amide bonds. The molecule has 112 valence electrons. The topological polar surface area (TPSA) is 18.5 Å². The number of likely N-dealkylation sites (N-methyl/N-ethyl adjacent to an activating group) is 1. The summed E-state index contributed by atoms with van der Waals surface area (Å²) in [5.74, 6) is 0. The van der Waals surface area contributed by atoms with E-state index in [-0.39, 0.29) is 0 Å². The van der Waals surface area contributed by atoms with Gasteiger partial charge in [0.15, 0.2) is 0 Å². The van der Waals surface area contributed by atoms with E-state index >= 15 is 0 Å². The zero-order valence-electron chi connectivity index (χ0n) is 12.8. The van der Waals surface area contributed by atoms with Crippen molar-refractivity contribution >= 4 is 21.6 Å². The van der Waals surface area contributed by atoms with Gasteiger partial charge in [-0.2, -0.15) is 0 Å². The number of hydrogen-bond donors (Lipinski definition) is 1. The smallest absolute Gasteiger partial charge is 0.0513 e. The Morgan fingerprint density at radius 1 is 1.40 bits per heavy atom. The highest BCUT2D eigenvalue weighted by molar-refractivity contribution is 9.10. The van der Waals surface area contributed by atoms with E-state index in [1.165, 1.54) is 35.1 Å². The molecule has 1 N–H and O–H groups in total. The third-order valence-electron chi connectivity index (χ3n) is 3.85. The molecule has 0 radical (unpaired) electrons. The van der Waals surface area contributed by atoms with Crippen LogP contribution < -0.4 is 10.2 Å². The van der Waals surface area contributed by atoms with Gasteiger partial charge in [0.05, 0.1) is 5.69 Å². The van der Waals surface area contributed by atoms with Gasteiger partial charge in [-0.25, -0.2) is 0 Å². The molecule has 1 atom stereocenters. The van der Waals surface area contributed by atoms with Crippen LogP contribution in [0.1, 0.15) is 25.3 Å². The molecule has 1 aromatic rings. The Hall–Kier alpha value is -0.580. The highest BCUT2D eigenvalue weighted by Gasteiger charge is 2.26. The van der Waals surface area contributed by atoms with E-state index in [2.05, 4.69) is 70.3 Å². The van der Waals surface area contributed by atoms with Crippen molar-refractivity contribution < 1.29 is 0 Å². The molecule has 2 rings (SSSR count). The van der Waals surface area contributed by atoms with Crippen LogP contribution in [0.5, 0.6) is 0 Å². The second kappa shape index (κ2) is 7.43. The molecule has 1 aliphatic rings. The number of anilines is 1. The summed E-state index contributed by atoms with van der Waals surface area (Å²) in [6, 6.07) is 7.41. The van der Waals surface area contributed by atoms with Crippen LogP contribution in [-0.4, -0.2) is 44.7 Å². The Morgan fingerprint density at radius 3 is 2.85 bits per heavy atom. The fraction of sp³-hybridized carbons (Fsp3) is 0.625. The number of rotatable bonds is 6. The summed E-state index contributed by atoms with van der Waals surface area (Å²) in [7, 11) is 4.32. The quantitative estimate of drug-likeness (QED) is 0.859. The van der Waals surface area contributed by atoms with Crippen molar-refractivity contribution in [2.45, 2.75) is 32.4 Å². The molecule has 20 heavy (non-hydrogen) atoms. The van der Waals surface area contributed by atoms with Gasteiger partial charge >= 0.3 is 0 Å². The summed E-state index contributed by atoms with van der Waals surface area (Å²) >= 11 is 3.76. The normalized spacial score (nSPS) is 19.1. The Morgan fingerprint density at radius 2 is 2.20 bits per heavy atom. The maximum atomic E-state index is 3.76. The van der Waals surface area contributed by atoms with Crippen molar-refractivity contribution in [3.63, 3.8) is 0 Å². The molecule has 0 spiro atoms. The molecule has 0 aromatic heterocycles. The molecule has 4 heteroatoms. The van der Waals surface area contributed by atoms with Crippen LogP contribution in [0.25, 0.3) is 0 Å². The zero-order valence-corrected chi connectivity index (χ0v) is 14.4. The maximum Gasteiger partial charge on any atom is 0.0513 e. The lowest BCUT2D eigenvalue weighted by atomic mass is 10.1. The van der Waals surface area contributed by atoms with Gasteiger partial charge in [-0.05, 0) is 67.1 Å². The molecule has 1 saturated heterocycles. The van der Waals surface area contributed by atoms with E-state index in [1.807, 2.05) is 0 Å². The third kappa shape index (κ3) is 3.96. The standard InChI is InChI=1S/C16H26BrN3/c1-4-18-11-13-7-8-16(15(17)10-13)20-9-5-6-14(20)12-19(2)3/h7-8,10,14,18H,4-6,9,11-12H2,1-3H3. The Balaban J connectivity index is 2.11. The van der Waals surface area contributed by atoms with Crippen LogP contribution in [0.2, 0.25) is 0 Å². The number of halogens is 1. The van der Waals surface area contributed by atoms with Crippen LogP contribution in [0.4, 0.5) is 5.69 Å². The van der Waals surface area contributed by atoms with Crippen molar-refractivity contribution in [1.82, 2.24) is 10.2 Å². The summed E-state index contributed by atoms with van der Waals surface area (Å²) in [6.07, 6.45) is 2.59. The van der Waals surface area contributed by atoms with Crippen LogP contribution in [0.15, 0.2) is 22.7 Å². The van der Waals surface area contributed by atoms with E-state index in [4.69, 9.17) is 0 Å². The van der Waals surface area contributed by atoms with Crippen LogP contribution in [-0.2, 0) is 6.54 Å². The van der Waals surface area contributed by atoms with Crippen molar-refractivity contribution in [3.05, 3.63) is 28.2 Å². The van der Waals surface area contributed by atoms with Gasteiger partial charge in [0.1, 0.15) is 0 Å². The molecule has 0 saturated carbocycles. The fourth-order valence-corrected chi connectivity index (χ4v) is 3.58. The van der Waals surface area contributed by atoms with Gasteiger partial charge < -0.3 is 15.1 Å². The molecule has 1 aliphatic heterocycles. The van der Waals surface area contributed by atoms with E-state index < -0.39 is 0 Å². The first-order valence-corrected chi connectivity index (χ1v) is 8.31. The van der Waals surface area contributed by atoms with E-state index in [1.54, 1.807) is 0 Å². The lowest BCUT2D eigenvalue weighted by Crippen LogP contribution is -2.37. The van der Waals surface area contributed by atoms with Gasteiger partial charge in [-0.3, -0.25) is 0 Å². The minimum absolute atomic E-state index is 0.640. The first-order valence-electron chi connectivity index (χ1n) is 7.52. The Kier molecular flexibility index (Phi) is 5.87. The van der Waals surface area contributed by atoms with Gasteiger partial charge in [0, 0.05) is 30.1 Å². The van der Waals surface area contributed by atoms with Crippen LogP contribution in [0, 0.1) is 0 Å². The Labute approximate surface area is 131 Å². The molecule has 0 bridgehead atoms. The number of nitrogens with zero attached hydrogens (tertiary/aromatic N) is 2. The first-order chi connectivity index (χ1) is 9.61. The van der Waals surface area contributed by atoms with E-state index in [0.717, 1.165) is 19.6 Å². The SMILES string of the molecule is CCNCc1ccc(N2CCCC2CN(C)C)c(Br)c1. The predicted molar refractivity (Wildman–Crippen MR) is 90.4 cm³/mol. The molecule has 1 fully saturated rings. The predicted octanol–water partition coefficient (Wildman–Crippen LogP) is 3.09. The fourth-order valence-electron chi connectivity index (χ4n) is 2.93. The van der Waals surface area contributed by atoms with Gasteiger partial charge in [0.25, 0.3) is 0 Å². The van der Waals surface area contributed by atoms with Crippen molar-refractivity contribution in [3.8, 4) is 0 Å². The zero-order chi connectivity index (χ0) is 14.5. The molecule has 1 aromatic carbocycles. The number of benzene rings is 1. The second-order valence-corrected chi connectivity index (χ2v) is 6.67. The molecule has 3 nitrogen and oxygen atoms in total. The molecule has 1 heterocycles. The van der Waals surface area contributed by atoms with E-state index in [9.17, 15) is 0 Å². The first kappa shape index (κ1) is 15.8. The summed E-state index contributed by atoms with van der Waals surface area (Å²) in [5, 5.41) is 3.37. The van der Waals surface area contributed by atoms with E-state index in [0.29, 0.717) is 6.04 Å². The molecule has 1 unspecified atom stereocenters. The largest absolute Gasteiger partial charge is 0.366 e. The highest BCUT2D eigenvalue weighted by Crippen LogP contribution is 2.33. The highest BCUT2D eigenvalue weighted by atomic mass is 79.9. The van der Waals surface area contributed by atoms with Gasteiger partial charge in [0.2, 0.25) is 0 Å². The molecular weight excluding hydrogens is 314 g/mol. The molecular formula is C16H26BrN3. The van der Waals surface area contributed by atoms with Crippen molar-refractivity contribution in [2.24, 2.45) is 0 Å². The monoisotopic (exact) mass is 339 g/mol. The maximum absolute atomic E-state index is 3.76. The van der Waals surface area contributed by atoms with Crippen LogP contribution >= 0.6 is 15.9 Å². The average molecular weight is 340 g/mol. The second-order valence-electron chi connectivity index (χ2n) is 5.82. The van der Waals surface area contributed by atoms with Gasteiger partial charge in [-0.15, -0.1) is 0 Å². The third-order valence-corrected chi connectivity index (χ3v) is 4.49. The Bertz CT molecular complexity index is 434. The van der Waals surface area contributed by atoms with Gasteiger partial charge in [-0.1, -0.05) is 13.0 Å². The number of hydrogen-bond acceptors (Lipinski definition) is 3. The summed E-state index contributed by atoms with van der Waals surface area (Å²) in [4.78, 5) is 4.84. The molecule has 0 aliphatic carbocycles. The lowest BCUT2D eigenvalue weighted by molar-refractivity contribution is 0.372. The summed E-state index contributed by atoms with van der Waals surface area (Å²) < 4.78 is 1.22. The van der Waals surface area contributed by atoms with Crippen molar-refractivity contribution in [2.75, 3.05) is 38.6 Å².